The van der Waals surface area contributed by atoms with Crippen LogP contribution in [-0.4, -0.2) is 9.55 Å². The molecule has 0 saturated heterocycles. The zero-order valence-corrected chi connectivity index (χ0v) is 43.6. The molecule has 0 fully saturated rings. The lowest BCUT2D eigenvalue weighted by molar-refractivity contribution is 0.633. The molecule has 3 heteroatoms. The van der Waals surface area contributed by atoms with Gasteiger partial charge in [-0.1, -0.05) is 237 Å². The highest BCUT2D eigenvalue weighted by atomic mass is 15.1. The van der Waals surface area contributed by atoms with E-state index in [1.54, 1.807) is 0 Å². The van der Waals surface area contributed by atoms with Crippen LogP contribution in [0.15, 0.2) is 297 Å². The third kappa shape index (κ3) is 5.95. The molecule has 1 aromatic heterocycles. The molecule has 3 aliphatic carbocycles. The van der Waals surface area contributed by atoms with E-state index < -0.39 is 10.8 Å². The van der Waals surface area contributed by atoms with Gasteiger partial charge in [0.15, 0.2) is 0 Å². The molecule has 372 valence electrons. The zero-order chi connectivity index (χ0) is 52.5. The minimum atomic E-state index is -0.620. The zero-order valence-electron chi connectivity index (χ0n) is 43.6. The van der Waals surface area contributed by atoms with Crippen LogP contribution in [0.1, 0.15) is 44.5 Å². The summed E-state index contributed by atoms with van der Waals surface area (Å²) in [4.78, 5) is 8.09. The fourth-order valence-electron chi connectivity index (χ4n) is 14.8. The van der Waals surface area contributed by atoms with Crippen molar-refractivity contribution in [3.8, 4) is 50.5 Å². The summed E-state index contributed by atoms with van der Waals surface area (Å²) < 4.78 is 2.36. The molecule has 0 aliphatic heterocycles. The Balaban J connectivity index is 1.01. The SMILES string of the molecule is c1ccc(N(c2ccccc2)c2c3ccccc3c(-c3nc4ccccc4n3-c3ccccc3)c3cc(-c4ccc5c(c4)C4(c6ccccc6-c6ccccc64)c4ccccc4C54c5ccccc5-c5ccccc54)ccc23)cc1. The lowest BCUT2D eigenvalue weighted by Crippen LogP contribution is -2.43. The molecule has 1 heterocycles. The first-order valence-electron chi connectivity index (χ1n) is 27.8. The van der Waals surface area contributed by atoms with Gasteiger partial charge in [0.25, 0.3) is 0 Å². The van der Waals surface area contributed by atoms with Crippen molar-refractivity contribution in [1.82, 2.24) is 9.55 Å². The molecular formula is C77H49N3. The highest BCUT2D eigenvalue weighted by molar-refractivity contribution is 6.23. The van der Waals surface area contributed by atoms with Crippen molar-refractivity contribution in [3.63, 3.8) is 0 Å². The van der Waals surface area contributed by atoms with Crippen LogP contribution in [0.25, 0.3) is 83.0 Å². The topological polar surface area (TPSA) is 21.1 Å². The van der Waals surface area contributed by atoms with Gasteiger partial charge in [-0.15, -0.1) is 0 Å². The van der Waals surface area contributed by atoms with E-state index in [0.717, 1.165) is 77.8 Å². The lowest BCUT2D eigenvalue weighted by Gasteiger charge is -2.49. The maximum absolute atomic E-state index is 5.65. The number of fused-ring (bicyclic) bond motifs is 19. The summed E-state index contributed by atoms with van der Waals surface area (Å²) in [6, 6.07) is 111. The Morgan fingerprint density at radius 3 is 1.29 bits per heavy atom. The molecule has 0 bridgehead atoms. The van der Waals surface area contributed by atoms with Crippen molar-refractivity contribution in [2.75, 3.05) is 4.90 Å². The number of imidazole rings is 1. The average Bonchev–Trinajstić information content (AvgIpc) is 4.34. The van der Waals surface area contributed by atoms with Gasteiger partial charge in [0.2, 0.25) is 0 Å². The maximum Gasteiger partial charge on any atom is 0.146 e. The normalized spacial score (nSPS) is 13.7. The molecule has 2 spiro atoms. The van der Waals surface area contributed by atoms with Gasteiger partial charge in [-0.25, -0.2) is 4.98 Å². The smallest absolute Gasteiger partial charge is 0.146 e. The molecule has 0 amide bonds. The fourth-order valence-corrected chi connectivity index (χ4v) is 14.8. The summed E-state index contributed by atoms with van der Waals surface area (Å²) in [5, 5.41) is 4.50. The van der Waals surface area contributed by atoms with Crippen LogP contribution in [0.4, 0.5) is 17.1 Å². The van der Waals surface area contributed by atoms with Gasteiger partial charge in [-0.2, -0.15) is 0 Å². The Labute approximate surface area is 464 Å². The quantitative estimate of drug-likeness (QED) is 0.155. The number of benzene rings is 13. The fraction of sp³-hybridized carbons (Fsp3) is 0.0260. The molecule has 80 heavy (non-hydrogen) atoms. The highest BCUT2D eigenvalue weighted by Crippen LogP contribution is 2.68. The first kappa shape index (κ1) is 44.7. The predicted octanol–water partition coefficient (Wildman–Crippen LogP) is 19.2. The van der Waals surface area contributed by atoms with Crippen molar-refractivity contribution in [2.24, 2.45) is 0 Å². The average molecular weight is 1020 g/mol. The summed E-state index contributed by atoms with van der Waals surface area (Å²) in [5.74, 6) is 0.897. The largest absolute Gasteiger partial charge is 0.309 e. The second kappa shape index (κ2) is 17.1. The van der Waals surface area contributed by atoms with E-state index in [1.807, 2.05) is 0 Å². The second-order valence-electron chi connectivity index (χ2n) is 21.6. The summed E-state index contributed by atoms with van der Waals surface area (Å²) in [6.07, 6.45) is 0. The van der Waals surface area contributed by atoms with E-state index in [-0.39, 0.29) is 0 Å². The van der Waals surface area contributed by atoms with Crippen LogP contribution >= 0.6 is 0 Å². The van der Waals surface area contributed by atoms with Crippen molar-refractivity contribution < 1.29 is 0 Å². The van der Waals surface area contributed by atoms with Gasteiger partial charge in [0, 0.05) is 33.4 Å². The Morgan fingerprint density at radius 2 is 0.713 bits per heavy atom. The number of hydrogen-bond donors (Lipinski definition) is 0. The summed E-state index contributed by atoms with van der Waals surface area (Å²) >= 11 is 0. The van der Waals surface area contributed by atoms with E-state index in [2.05, 4.69) is 307 Å². The predicted molar refractivity (Wildman–Crippen MR) is 330 cm³/mol. The highest BCUT2D eigenvalue weighted by Gasteiger charge is 2.59. The van der Waals surface area contributed by atoms with Gasteiger partial charge in [-0.05, 0) is 149 Å². The third-order valence-electron chi connectivity index (χ3n) is 17.8. The summed E-state index contributed by atoms with van der Waals surface area (Å²) in [6.45, 7) is 0. The van der Waals surface area contributed by atoms with E-state index >= 15 is 0 Å². The van der Waals surface area contributed by atoms with Gasteiger partial charge in [0.1, 0.15) is 5.82 Å². The third-order valence-corrected chi connectivity index (χ3v) is 17.8. The Hall–Kier alpha value is -10.4. The Bertz CT molecular complexity index is 4710. The second-order valence-corrected chi connectivity index (χ2v) is 21.6. The molecule has 17 rings (SSSR count). The first-order valence-corrected chi connectivity index (χ1v) is 27.8. The molecular weight excluding hydrogens is 967 g/mol. The van der Waals surface area contributed by atoms with Crippen LogP contribution in [0.2, 0.25) is 0 Å². The van der Waals surface area contributed by atoms with E-state index in [1.165, 1.54) is 66.8 Å². The number of anilines is 3. The first-order chi connectivity index (χ1) is 39.7. The number of para-hydroxylation sites is 5. The Kier molecular flexibility index (Phi) is 9.55. The number of nitrogens with zero attached hydrogens (tertiary/aromatic N) is 3. The van der Waals surface area contributed by atoms with E-state index in [9.17, 15) is 0 Å². The van der Waals surface area contributed by atoms with Crippen LogP contribution in [-0.2, 0) is 10.8 Å². The minimum Gasteiger partial charge on any atom is -0.309 e. The van der Waals surface area contributed by atoms with Gasteiger partial charge in [-0.3, -0.25) is 4.57 Å². The maximum atomic E-state index is 5.65. The summed E-state index contributed by atoms with van der Waals surface area (Å²) in [5.41, 5.74) is 24.3. The van der Waals surface area contributed by atoms with Crippen LogP contribution < -0.4 is 4.90 Å². The van der Waals surface area contributed by atoms with E-state index in [4.69, 9.17) is 4.98 Å². The molecule has 0 saturated carbocycles. The lowest BCUT2D eigenvalue weighted by atomic mass is 9.52. The molecule has 0 atom stereocenters. The number of aromatic nitrogens is 2. The van der Waals surface area contributed by atoms with Crippen LogP contribution in [0.3, 0.4) is 0 Å². The number of rotatable bonds is 6. The van der Waals surface area contributed by atoms with Crippen molar-refractivity contribution in [3.05, 3.63) is 342 Å². The van der Waals surface area contributed by atoms with Gasteiger partial charge in [0.05, 0.1) is 27.6 Å². The molecule has 3 nitrogen and oxygen atoms in total. The van der Waals surface area contributed by atoms with Crippen LogP contribution in [0, 0.1) is 0 Å². The molecule has 3 aliphatic rings. The molecule has 0 N–H and O–H groups in total. The standard InChI is InChI=1S/C77H49N3/c1-4-24-52(25-5-1)79(53-26-6-2-7-27-53)74-60-35-11-10-34-59(60)73(75-78-71-42-22-23-43-72(71)80(75)54-28-8-3-9-29-54)62-48-50(44-46-61(62)74)51-45-47-69-70(49-51)77(65-38-18-14-32-57(65)58-33-15-19-39-66(58)77)68-41-21-20-40-67(68)76(69)63-36-16-12-30-55(63)56-31-13-17-37-64(56)76/h1-49H. The van der Waals surface area contributed by atoms with E-state index in [0.29, 0.717) is 0 Å². The minimum absolute atomic E-state index is 0.575. The molecule has 13 aromatic carbocycles. The van der Waals surface area contributed by atoms with Gasteiger partial charge < -0.3 is 4.90 Å². The monoisotopic (exact) mass is 1020 g/mol. The summed E-state index contributed by atoms with van der Waals surface area (Å²) in [7, 11) is 0. The van der Waals surface area contributed by atoms with Crippen molar-refractivity contribution in [1.29, 1.82) is 0 Å². The molecule has 14 aromatic rings. The number of hydrogen-bond acceptors (Lipinski definition) is 2. The van der Waals surface area contributed by atoms with Crippen LogP contribution in [0.5, 0.6) is 0 Å². The van der Waals surface area contributed by atoms with Crippen molar-refractivity contribution in [2.45, 2.75) is 10.8 Å². The molecule has 0 radical (unpaired) electrons. The molecule has 0 unspecified atom stereocenters. The Morgan fingerprint density at radius 1 is 0.300 bits per heavy atom. The van der Waals surface area contributed by atoms with Crippen molar-refractivity contribution >= 4 is 49.6 Å². The van der Waals surface area contributed by atoms with Gasteiger partial charge >= 0.3 is 0 Å².